The Morgan fingerprint density at radius 3 is 2.56 bits per heavy atom. The zero-order valence-electron chi connectivity index (χ0n) is 15.5. The number of hydrogen-bond acceptors (Lipinski definition) is 5. The molecular formula is C22H22NO3S. The minimum Gasteiger partial charge on any atom is -0.504 e. The molecule has 0 aliphatic heterocycles. The van der Waals surface area contributed by atoms with Gasteiger partial charge in [0.25, 0.3) is 0 Å². The second kappa shape index (κ2) is 9.42. The molecule has 0 spiro atoms. The highest BCUT2D eigenvalue weighted by Crippen LogP contribution is 2.38. The van der Waals surface area contributed by atoms with Crippen LogP contribution < -0.4 is 4.74 Å². The molecule has 139 valence electrons. The summed E-state index contributed by atoms with van der Waals surface area (Å²) in [6.45, 7) is 0. The van der Waals surface area contributed by atoms with E-state index in [9.17, 15) is 4.79 Å². The quantitative estimate of drug-likeness (QED) is 0.274. The summed E-state index contributed by atoms with van der Waals surface area (Å²) in [6.07, 6.45) is 5.76. The predicted molar refractivity (Wildman–Crippen MR) is 111 cm³/mol. The Labute approximate surface area is 164 Å². The lowest BCUT2D eigenvalue weighted by atomic mass is 10.0. The highest BCUT2D eigenvalue weighted by Gasteiger charge is 2.28. The number of rotatable bonds is 8. The Balaban J connectivity index is 1.78. The highest BCUT2D eigenvalue weighted by molar-refractivity contribution is 8.13. The summed E-state index contributed by atoms with van der Waals surface area (Å²) in [6, 6.07) is 15.6. The van der Waals surface area contributed by atoms with Gasteiger partial charge in [-0.2, -0.15) is 0 Å². The standard InChI is InChI=1S/C22H22NO3S/c1-25-14-18(13-24)21-6-4-3-5-17(21)15-27-22(16-7-8-16)23-19-9-11-20(26-2)12-10-19/h3-6,9-12,14,16H,7-8,15H2,1-2H3/b18-14-,23-22?. The SMILES string of the molecule is CO/C=C(/[C]=O)c1ccccc1CSC(=Nc1ccc(OC)cc1)C1CC1. The smallest absolute Gasteiger partial charge is 0.237 e. The van der Waals surface area contributed by atoms with Gasteiger partial charge in [0.1, 0.15) is 5.75 Å². The van der Waals surface area contributed by atoms with Gasteiger partial charge in [-0.3, -0.25) is 4.79 Å². The maximum absolute atomic E-state index is 11.3. The molecule has 27 heavy (non-hydrogen) atoms. The zero-order chi connectivity index (χ0) is 19.1. The molecule has 1 fully saturated rings. The number of ether oxygens (including phenoxy) is 2. The van der Waals surface area contributed by atoms with Crippen LogP contribution in [0.2, 0.25) is 0 Å². The molecule has 0 amide bonds. The van der Waals surface area contributed by atoms with Gasteiger partial charge in [0.05, 0.1) is 36.8 Å². The van der Waals surface area contributed by atoms with Gasteiger partial charge in [0, 0.05) is 11.7 Å². The zero-order valence-corrected chi connectivity index (χ0v) is 16.3. The van der Waals surface area contributed by atoms with Crippen LogP contribution in [0.5, 0.6) is 5.75 Å². The van der Waals surface area contributed by atoms with E-state index in [-0.39, 0.29) is 0 Å². The van der Waals surface area contributed by atoms with Crippen LogP contribution in [0.15, 0.2) is 59.8 Å². The first-order chi connectivity index (χ1) is 13.2. The molecule has 0 unspecified atom stereocenters. The Morgan fingerprint density at radius 1 is 1.19 bits per heavy atom. The molecule has 0 atom stereocenters. The first kappa shape index (κ1) is 19.2. The molecule has 0 aromatic heterocycles. The first-order valence-electron chi connectivity index (χ1n) is 8.80. The van der Waals surface area contributed by atoms with E-state index in [4.69, 9.17) is 14.5 Å². The fourth-order valence-corrected chi connectivity index (χ4v) is 3.87. The molecule has 0 saturated heterocycles. The second-order valence-corrected chi connectivity index (χ2v) is 7.23. The maximum atomic E-state index is 11.3. The van der Waals surface area contributed by atoms with Gasteiger partial charge < -0.3 is 9.47 Å². The fraction of sp³-hybridized carbons (Fsp3) is 0.273. The van der Waals surface area contributed by atoms with Crippen molar-refractivity contribution in [3.05, 3.63) is 65.9 Å². The Bertz CT molecular complexity index is 839. The van der Waals surface area contributed by atoms with Gasteiger partial charge in [-0.1, -0.05) is 24.3 Å². The number of benzene rings is 2. The average molecular weight is 380 g/mol. The van der Waals surface area contributed by atoms with Crippen LogP contribution in [-0.2, 0) is 15.3 Å². The minimum absolute atomic E-state index is 0.425. The van der Waals surface area contributed by atoms with Crippen LogP contribution in [-0.4, -0.2) is 25.5 Å². The molecule has 0 heterocycles. The molecule has 1 saturated carbocycles. The van der Waals surface area contributed by atoms with E-state index >= 15 is 0 Å². The highest BCUT2D eigenvalue weighted by atomic mass is 32.2. The van der Waals surface area contributed by atoms with Gasteiger partial charge in [-0.15, -0.1) is 11.8 Å². The summed E-state index contributed by atoms with van der Waals surface area (Å²) in [5, 5.41) is 1.14. The van der Waals surface area contributed by atoms with Crippen LogP contribution in [0.1, 0.15) is 24.0 Å². The van der Waals surface area contributed by atoms with Crippen molar-refractivity contribution in [3.8, 4) is 5.75 Å². The van der Waals surface area contributed by atoms with E-state index < -0.39 is 0 Å². The van der Waals surface area contributed by atoms with Crippen LogP contribution in [0, 0.1) is 5.92 Å². The summed E-state index contributed by atoms with van der Waals surface area (Å²) >= 11 is 1.73. The summed E-state index contributed by atoms with van der Waals surface area (Å²) in [5.74, 6) is 2.10. The number of allylic oxidation sites excluding steroid dienone is 1. The van der Waals surface area contributed by atoms with Crippen molar-refractivity contribution in [3.63, 3.8) is 0 Å². The number of aliphatic imine (C=N–C) groups is 1. The lowest BCUT2D eigenvalue weighted by molar-refractivity contribution is 0.340. The Morgan fingerprint density at radius 2 is 1.93 bits per heavy atom. The number of nitrogens with zero attached hydrogens (tertiary/aromatic N) is 1. The van der Waals surface area contributed by atoms with Crippen molar-refractivity contribution < 1.29 is 14.3 Å². The third-order valence-electron chi connectivity index (χ3n) is 4.27. The van der Waals surface area contributed by atoms with E-state index in [0.717, 1.165) is 33.4 Å². The van der Waals surface area contributed by atoms with Crippen LogP contribution in [0.3, 0.4) is 0 Å². The molecular weight excluding hydrogens is 358 g/mol. The molecule has 2 aromatic rings. The van der Waals surface area contributed by atoms with Crippen molar-refractivity contribution in [2.45, 2.75) is 18.6 Å². The summed E-state index contributed by atoms with van der Waals surface area (Å²) in [7, 11) is 3.19. The Kier molecular flexibility index (Phi) is 6.71. The number of thioether (sulfide) groups is 1. The topological polar surface area (TPSA) is 47.9 Å². The molecule has 2 aromatic carbocycles. The first-order valence-corrected chi connectivity index (χ1v) is 9.78. The van der Waals surface area contributed by atoms with Crippen molar-refractivity contribution in [1.29, 1.82) is 0 Å². The van der Waals surface area contributed by atoms with Gasteiger partial charge >= 0.3 is 0 Å². The Hall–Kier alpha value is -2.53. The maximum Gasteiger partial charge on any atom is 0.237 e. The van der Waals surface area contributed by atoms with E-state index in [1.165, 1.54) is 26.2 Å². The van der Waals surface area contributed by atoms with Crippen molar-refractivity contribution in [2.24, 2.45) is 10.9 Å². The second-order valence-electron chi connectivity index (χ2n) is 6.24. The predicted octanol–water partition coefficient (Wildman–Crippen LogP) is 5.17. The van der Waals surface area contributed by atoms with Crippen molar-refractivity contribution in [1.82, 2.24) is 0 Å². The molecule has 1 aliphatic carbocycles. The molecule has 4 nitrogen and oxygen atoms in total. The van der Waals surface area contributed by atoms with E-state index in [1.807, 2.05) is 54.8 Å². The van der Waals surface area contributed by atoms with Crippen molar-refractivity contribution >= 4 is 34.4 Å². The van der Waals surface area contributed by atoms with Gasteiger partial charge in [0.2, 0.25) is 6.29 Å². The fourth-order valence-electron chi connectivity index (χ4n) is 2.68. The number of carbonyl (C=O) groups excluding carboxylic acids is 1. The lowest BCUT2D eigenvalue weighted by Gasteiger charge is -2.10. The number of methoxy groups -OCH3 is 2. The van der Waals surface area contributed by atoms with Gasteiger partial charge in [-0.25, -0.2) is 4.99 Å². The number of hydrogen-bond donors (Lipinski definition) is 0. The van der Waals surface area contributed by atoms with Gasteiger partial charge in [-0.05, 0) is 48.2 Å². The summed E-state index contributed by atoms with van der Waals surface area (Å²) in [4.78, 5) is 16.1. The van der Waals surface area contributed by atoms with Crippen LogP contribution in [0.25, 0.3) is 5.57 Å². The average Bonchev–Trinajstić information content (AvgIpc) is 3.55. The molecule has 5 heteroatoms. The molecule has 1 radical (unpaired) electrons. The van der Waals surface area contributed by atoms with Gasteiger partial charge in [0.15, 0.2) is 0 Å². The molecule has 0 bridgehead atoms. The molecule has 1 aliphatic rings. The lowest BCUT2D eigenvalue weighted by Crippen LogP contribution is -1.99. The third-order valence-corrected chi connectivity index (χ3v) is 5.44. The van der Waals surface area contributed by atoms with E-state index in [1.54, 1.807) is 18.9 Å². The molecule has 0 N–H and O–H groups in total. The third kappa shape index (κ3) is 5.23. The normalized spacial score (nSPS) is 14.7. The van der Waals surface area contributed by atoms with E-state index in [2.05, 4.69) is 0 Å². The van der Waals surface area contributed by atoms with Crippen molar-refractivity contribution in [2.75, 3.05) is 14.2 Å². The minimum atomic E-state index is 0.425. The largest absolute Gasteiger partial charge is 0.504 e. The summed E-state index contributed by atoms with van der Waals surface area (Å²) in [5.41, 5.74) is 3.27. The monoisotopic (exact) mass is 380 g/mol. The van der Waals surface area contributed by atoms with Crippen LogP contribution in [0.4, 0.5) is 5.69 Å². The van der Waals surface area contributed by atoms with E-state index in [0.29, 0.717) is 11.5 Å². The summed E-state index contributed by atoms with van der Waals surface area (Å²) < 4.78 is 10.2. The van der Waals surface area contributed by atoms with Crippen LogP contribution >= 0.6 is 11.8 Å². The molecule has 3 rings (SSSR count).